The molecule has 0 spiro atoms. The van der Waals surface area contributed by atoms with Crippen LogP contribution in [-0.2, 0) is 16.2 Å². The molecule has 3 aromatic rings. The van der Waals surface area contributed by atoms with Crippen LogP contribution in [0.15, 0.2) is 18.5 Å². The predicted molar refractivity (Wildman–Crippen MR) is 142 cm³/mol. The predicted octanol–water partition coefficient (Wildman–Crippen LogP) is 5.83. The smallest absolute Gasteiger partial charge is 0.342 e. The number of ether oxygens (including phenoxy) is 4. The lowest BCUT2D eigenvalue weighted by Crippen LogP contribution is -2.22. The number of rotatable bonds is 12. The number of nitrogens with zero attached hydrogens (tertiary/aromatic N) is 3. The van der Waals surface area contributed by atoms with Gasteiger partial charge in [-0.15, -0.1) is 0 Å². The molecule has 1 fully saturated rings. The average Bonchev–Trinajstić information content (AvgIpc) is 3.63. The highest BCUT2D eigenvalue weighted by Gasteiger charge is 2.28. The maximum Gasteiger partial charge on any atom is 0.342 e. The van der Waals surface area contributed by atoms with E-state index in [0.717, 1.165) is 18.9 Å². The van der Waals surface area contributed by atoms with E-state index >= 15 is 0 Å². The maximum atomic E-state index is 15.0. The summed E-state index contributed by atoms with van der Waals surface area (Å²) in [5.74, 6) is 0.0493. The molecule has 0 amide bonds. The Morgan fingerprint density at radius 1 is 1.19 bits per heavy atom. The fraction of sp³-hybridized carbons (Fsp3) is 0.519. The maximum absolute atomic E-state index is 15.0. The minimum Gasteiger partial charge on any atom is -0.494 e. The second-order valence-corrected chi connectivity index (χ2v) is 16.2. The number of aromatic nitrogens is 3. The van der Waals surface area contributed by atoms with Gasteiger partial charge < -0.3 is 23.5 Å². The average molecular weight is 530 g/mol. The van der Waals surface area contributed by atoms with E-state index in [0.29, 0.717) is 58.4 Å². The zero-order chi connectivity index (χ0) is 26.7. The molecule has 0 bridgehead atoms. The molecule has 37 heavy (non-hydrogen) atoms. The molecule has 0 N–H and O–H groups in total. The van der Waals surface area contributed by atoms with Gasteiger partial charge in [-0.3, -0.25) is 0 Å². The second kappa shape index (κ2) is 11.2. The van der Waals surface area contributed by atoms with Crippen molar-refractivity contribution in [3.8, 4) is 22.8 Å². The van der Waals surface area contributed by atoms with Crippen LogP contribution in [0, 0.1) is 18.7 Å². The normalized spacial score (nSPS) is 13.7. The fourth-order valence-electron chi connectivity index (χ4n) is 4.12. The van der Waals surface area contributed by atoms with E-state index < -0.39 is 19.9 Å². The number of hydrogen-bond donors (Lipinski definition) is 0. The van der Waals surface area contributed by atoms with Gasteiger partial charge in [-0.1, -0.05) is 19.6 Å². The summed E-state index contributed by atoms with van der Waals surface area (Å²) in [5, 5.41) is 0. The van der Waals surface area contributed by atoms with Gasteiger partial charge in [-0.25, -0.2) is 19.2 Å². The van der Waals surface area contributed by atoms with Crippen LogP contribution >= 0.6 is 0 Å². The van der Waals surface area contributed by atoms with Crippen molar-refractivity contribution in [1.29, 1.82) is 0 Å². The molecule has 0 atom stereocenters. The number of carbonyl (C=O) groups excluding carboxylic acids is 1. The second-order valence-electron chi connectivity index (χ2n) is 10.6. The fourth-order valence-corrected chi connectivity index (χ4v) is 4.88. The van der Waals surface area contributed by atoms with Gasteiger partial charge in [-0.05, 0) is 44.7 Å². The standard InChI is InChI=1S/C27H36FN3O5Si/c1-7-35-27(32)23-17(2)31(16-34-10-11-37(4,5)6)26-24(29-15-30-25(23)26)19-12-20(28)22(33-3)13-21(19)36-14-18-8-9-18/h12-13,15,18H,7-11,14,16H2,1-6H3. The van der Waals surface area contributed by atoms with Crippen molar-refractivity contribution in [1.82, 2.24) is 14.5 Å². The topological polar surface area (TPSA) is 84.7 Å². The van der Waals surface area contributed by atoms with Gasteiger partial charge in [-0.2, -0.15) is 0 Å². The number of hydrogen-bond acceptors (Lipinski definition) is 7. The lowest BCUT2D eigenvalue weighted by molar-refractivity contribution is 0.0525. The Balaban J connectivity index is 1.86. The molecular formula is C27H36FN3O5Si. The number of esters is 1. The zero-order valence-corrected chi connectivity index (χ0v) is 23.5. The summed E-state index contributed by atoms with van der Waals surface area (Å²) in [6, 6.07) is 3.92. The summed E-state index contributed by atoms with van der Waals surface area (Å²) in [6.07, 6.45) is 3.61. The molecule has 200 valence electrons. The van der Waals surface area contributed by atoms with Crippen LogP contribution in [0.2, 0.25) is 25.7 Å². The first kappa shape index (κ1) is 27.1. The minimum atomic E-state index is -1.29. The third-order valence-corrected chi connectivity index (χ3v) is 8.18. The number of fused-ring (bicyclic) bond motifs is 1. The summed E-state index contributed by atoms with van der Waals surface area (Å²) in [4.78, 5) is 22.0. The van der Waals surface area contributed by atoms with Crippen molar-refractivity contribution >= 4 is 25.1 Å². The molecule has 1 aliphatic rings. The molecule has 4 rings (SSSR count). The van der Waals surface area contributed by atoms with Gasteiger partial charge in [0.25, 0.3) is 0 Å². The van der Waals surface area contributed by atoms with E-state index in [9.17, 15) is 9.18 Å². The highest BCUT2D eigenvalue weighted by molar-refractivity contribution is 6.76. The summed E-state index contributed by atoms with van der Waals surface area (Å²) in [7, 11) is 0.131. The monoisotopic (exact) mass is 529 g/mol. The Labute approximate surface area is 218 Å². The molecule has 2 aromatic heterocycles. The van der Waals surface area contributed by atoms with Crippen LogP contribution in [-0.4, -0.2) is 55.5 Å². The highest BCUT2D eigenvalue weighted by Crippen LogP contribution is 2.40. The number of carbonyl (C=O) groups is 1. The van der Waals surface area contributed by atoms with Crippen molar-refractivity contribution in [2.45, 2.75) is 59.1 Å². The number of halogens is 1. The Bertz CT molecular complexity index is 1280. The van der Waals surface area contributed by atoms with Crippen LogP contribution in [0.3, 0.4) is 0 Å². The molecule has 0 saturated heterocycles. The largest absolute Gasteiger partial charge is 0.494 e. The quantitative estimate of drug-likeness (QED) is 0.166. The van der Waals surface area contributed by atoms with Crippen LogP contribution in [0.1, 0.15) is 35.8 Å². The van der Waals surface area contributed by atoms with Crippen LogP contribution in [0.5, 0.6) is 11.5 Å². The van der Waals surface area contributed by atoms with Crippen LogP contribution < -0.4 is 9.47 Å². The Hall–Kier alpha value is -2.98. The number of methoxy groups -OCH3 is 1. The summed E-state index contributed by atoms with van der Waals surface area (Å²) < 4.78 is 39.6. The Kier molecular flexibility index (Phi) is 8.18. The lowest BCUT2D eigenvalue weighted by atomic mass is 10.1. The van der Waals surface area contributed by atoms with Crippen molar-refractivity contribution < 1.29 is 28.1 Å². The van der Waals surface area contributed by atoms with Crippen molar-refractivity contribution in [2.75, 3.05) is 26.9 Å². The Morgan fingerprint density at radius 3 is 2.59 bits per heavy atom. The first-order chi connectivity index (χ1) is 17.6. The van der Waals surface area contributed by atoms with E-state index in [2.05, 4.69) is 29.6 Å². The van der Waals surface area contributed by atoms with E-state index in [-0.39, 0.29) is 19.1 Å². The van der Waals surface area contributed by atoms with Crippen molar-refractivity contribution in [2.24, 2.45) is 5.92 Å². The molecule has 2 heterocycles. The molecular weight excluding hydrogens is 493 g/mol. The SMILES string of the molecule is CCOC(=O)c1c(C)n(COCC[Si](C)(C)C)c2c(-c3cc(F)c(OC)cc3OCC3CC3)ncnc12. The van der Waals surface area contributed by atoms with E-state index in [1.807, 2.05) is 11.5 Å². The summed E-state index contributed by atoms with van der Waals surface area (Å²) in [5.41, 5.74) is 2.91. The first-order valence-corrected chi connectivity index (χ1v) is 16.4. The third kappa shape index (κ3) is 6.12. The molecule has 1 aromatic carbocycles. The van der Waals surface area contributed by atoms with Gasteiger partial charge in [0.1, 0.15) is 35.6 Å². The summed E-state index contributed by atoms with van der Waals surface area (Å²) in [6.45, 7) is 12.0. The van der Waals surface area contributed by atoms with Gasteiger partial charge >= 0.3 is 5.97 Å². The molecule has 10 heteroatoms. The van der Waals surface area contributed by atoms with E-state index in [1.54, 1.807) is 13.0 Å². The molecule has 0 aliphatic heterocycles. The number of benzene rings is 1. The lowest BCUT2D eigenvalue weighted by Gasteiger charge is -2.17. The zero-order valence-electron chi connectivity index (χ0n) is 22.5. The van der Waals surface area contributed by atoms with Gasteiger partial charge in [0.2, 0.25) is 0 Å². The van der Waals surface area contributed by atoms with E-state index in [1.165, 1.54) is 19.5 Å². The first-order valence-electron chi connectivity index (χ1n) is 12.7. The van der Waals surface area contributed by atoms with Crippen molar-refractivity contribution in [3.63, 3.8) is 0 Å². The molecule has 0 unspecified atom stereocenters. The van der Waals surface area contributed by atoms with Gasteiger partial charge in [0.05, 0.1) is 25.8 Å². The minimum absolute atomic E-state index is 0.0910. The molecule has 0 radical (unpaired) electrons. The van der Waals surface area contributed by atoms with Crippen molar-refractivity contribution in [3.05, 3.63) is 35.5 Å². The van der Waals surface area contributed by atoms with E-state index in [4.69, 9.17) is 18.9 Å². The van der Waals surface area contributed by atoms with Gasteiger partial charge in [0.15, 0.2) is 11.6 Å². The Morgan fingerprint density at radius 2 is 1.95 bits per heavy atom. The molecule has 1 saturated carbocycles. The van der Waals surface area contributed by atoms with Crippen LogP contribution in [0.25, 0.3) is 22.3 Å². The van der Waals surface area contributed by atoms with Crippen LogP contribution in [0.4, 0.5) is 4.39 Å². The third-order valence-electron chi connectivity index (χ3n) is 6.47. The molecule has 8 nitrogen and oxygen atoms in total. The summed E-state index contributed by atoms with van der Waals surface area (Å²) >= 11 is 0. The highest BCUT2D eigenvalue weighted by atomic mass is 28.3. The van der Waals surface area contributed by atoms with Gasteiger partial charge in [0, 0.05) is 32.0 Å². The molecule has 1 aliphatic carbocycles.